The summed E-state index contributed by atoms with van der Waals surface area (Å²) in [4.78, 5) is 31.5. The Morgan fingerprint density at radius 1 is 1.03 bits per heavy atom. The molecule has 2 N–H and O–H groups in total. The Labute approximate surface area is 173 Å². The van der Waals surface area contributed by atoms with Crippen molar-refractivity contribution < 1.29 is 23.5 Å². The SMILES string of the molecule is O=C(O)Nc1cnc(-c2cc(F)cc(F)c2)cn1.O=C1CCCN1C1CCCCC1. The van der Waals surface area contributed by atoms with E-state index < -0.39 is 17.7 Å². The highest BCUT2D eigenvalue weighted by atomic mass is 19.1. The molecule has 4 rings (SSSR count). The van der Waals surface area contributed by atoms with Gasteiger partial charge in [0.2, 0.25) is 5.91 Å². The summed E-state index contributed by atoms with van der Waals surface area (Å²) in [6.45, 7) is 1.03. The van der Waals surface area contributed by atoms with Gasteiger partial charge in [-0.1, -0.05) is 19.3 Å². The molecule has 0 spiro atoms. The van der Waals surface area contributed by atoms with Gasteiger partial charge in [-0.3, -0.25) is 15.1 Å². The zero-order chi connectivity index (χ0) is 21.5. The average Bonchev–Trinajstić information content (AvgIpc) is 3.14. The first-order valence-electron chi connectivity index (χ1n) is 10.0. The number of benzene rings is 1. The van der Waals surface area contributed by atoms with E-state index in [0.717, 1.165) is 43.8 Å². The molecule has 1 aliphatic heterocycles. The number of anilines is 1. The van der Waals surface area contributed by atoms with Crippen molar-refractivity contribution in [2.45, 2.75) is 51.0 Å². The molecule has 0 atom stereocenters. The average molecular weight is 418 g/mol. The lowest BCUT2D eigenvalue weighted by Gasteiger charge is -2.30. The number of nitrogens with one attached hydrogen (secondary N) is 1. The molecule has 7 nitrogen and oxygen atoms in total. The molecule has 2 amide bonds. The van der Waals surface area contributed by atoms with Crippen LogP contribution in [0.2, 0.25) is 0 Å². The summed E-state index contributed by atoms with van der Waals surface area (Å²) >= 11 is 0. The smallest absolute Gasteiger partial charge is 0.410 e. The van der Waals surface area contributed by atoms with Crippen molar-refractivity contribution in [2.24, 2.45) is 0 Å². The molecular formula is C21H24F2N4O3. The second-order valence-electron chi connectivity index (χ2n) is 7.36. The minimum Gasteiger partial charge on any atom is -0.465 e. The largest absolute Gasteiger partial charge is 0.465 e. The van der Waals surface area contributed by atoms with Gasteiger partial charge in [0.25, 0.3) is 0 Å². The molecule has 9 heteroatoms. The van der Waals surface area contributed by atoms with Crippen LogP contribution in [-0.4, -0.2) is 44.6 Å². The molecule has 0 bridgehead atoms. The van der Waals surface area contributed by atoms with Gasteiger partial charge in [0.15, 0.2) is 5.82 Å². The molecule has 30 heavy (non-hydrogen) atoms. The summed E-state index contributed by atoms with van der Waals surface area (Å²) in [5.74, 6) is -1.01. The van der Waals surface area contributed by atoms with E-state index in [0.29, 0.717) is 11.9 Å². The number of hydrogen-bond acceptors (Lipinski definition) is 4. The lowest BCUT2D eigenvalue weighted by molar-refractivity contribution is -0.130. The van der Waals surface area contributed by atoms with E-state index in [-0.39, 0.29) is 17.1 Å². The van der Waals surface area contributed by atoms with E-state index >= 15 is 0 Å². The predicted octanol–water partition coefficient (Wildman–Crippen LogP) is 4.45. The quantitative estimate of drug-likeness (QED) is 0.768. The van der Waals surface area contributed by atoms with Crippen LogP contribution < -0.4 is 5.32 Å². The Balaban J connectivity index is 0.000000184. The number of carbonyl (C=O) groups is 2. The summed E-state index contributed by atoms with van der Waals surface area (Å²) < 4.78 is 26.0. The van der Waals surface area contributed by atoms with Crippen molar-refractivity contribution in [3.05, 3.63) is 42.2 Å². The van der Waals surface area contributed by atoms with Crippen LogP contribution >= 0.6 is 0 Å². The number of carbonyl (C=O) groups excluding carboxylic acids is 1. The molecule has 0 radical (unpaired) electrons. The molecule has 1 saturated carbocycles. The van der Waals surface area contributed by atoms with Crippen molar-refractivity contribution in [3.63, 3.8) is 0 Å². The van der Waals surface area contributed by atoms with E-state index in [1.165, 1.54) is 38.3 Å². The zero-order valence-electron chi connectivity index (χ0n) is 16.5. The highest BCUT2D eigenvalue weighted by Gasteiger charge is 2.28. The molecule has 0 unspecified atom stereocenters. The first-order chi connectivity index (χ1) is 14.4. The standard InChI is InChI=1S/C11H7F2N3O2.C10H17NO/c12-7-1-6(2-8(13)3-7)9-4-15-10(5-14-9)16-11(17)18;12-10-7-4-8-11(10)9-5-2-1-3-6-9/h1-5H,(H,15,16)(H,17,18);9H,1-8H2. The summed E-state index contributed by atoms with van der Waals surface area (Å²) in [7, 11) is 0. The van der Waals surface area contributed by atoms with E-state index in [1.807, 2.05) is 5.32 Å². The Kier molecular flexibility index (Phi) is 7.26. The van der Waals surface area contributed by atoms with Crippen LogP contribution in [-0.2, 0) is 4.79 Å². The fourth-order valence-corrected chi connectivity index (χ4v) is 3.80. The first kappa shape index (κ1) is 21.6. The molecular weight excluding hydrogens is 394 g/mol. The summed E-state index contributed by atoms with van der Waals surface area (Å²) in [6, 6.07) is 3.57. The number of halogens is 2. The van der Waals surface area contributed by atoms with Gasteiger partial charge in [-0.2, -0.15) is 0 Å². The zero-order valence-corrected chi connectivity index (χ0v) is 16.5. The van der Waals surface area contributed by atoms with Crippen molar-refractivity contribution in [1.82, 2.24) is 14.9 Å². The van der Waals surface area contributed by atoms with Crippen LogP contribution in [0.3, 0.4) is 0 Å². The van der Waals surface area contributed by atoms with Crippen molar-refractivity contribution in [1.29, 1.82) is 0 Å². The minimum atomic E-state index is -1.27. The number of hydrogen-bond donors (Lipinski definition) is 2. The van der Waals surface area contributed by atoms with Crippen LogP contribution in [0, 0.1) is 11.6 Å². The normalized spacial score (nSPS) is 16.7. The molecule has 2 aromatic rings. The number of likely N-dealkylation sites (tertiary alicyclic amines) is 1. The second-order valence-corrected chi connectivity index (χ2v) is 7.36. The lowest BCUT2D eigenvalue weighted by Crippen LogP contribution is -2.37. The summed E-state index contributed by atoms with van der Waals surface area (Å²) in [5.41, 5.74) is 0.464. The Morgan fingerprint density at radius 2 is 1.73 bits per heavy atom. The molecule has 1 aromatic carbocycles. The van der Waals surface area contributed by atoms with Crippen LogP contribution in [0.5, 0.6) is 0 Å². The third-order valence-corrected chi connectivity index (χ3v) is 5.17. The maximum atomic E-state index is 13.0. The maximum absolute atomic E-state index is 13.0. The minimum absolute atomic E-state index is 0.0307. The molecule has 1 saturated heterocycles. The number of aromatic nitrogens is 2. The van der Waals surface area contributed by atoms with Gasteiger partial charge in [0.05, 0.1) is 18.1 Å². The van der Waals surface area contributed by atoms with Gasteiger partial charge in [-0.15, -0.1) is 0 Å². The fourth-order valence-electron chi connectivity index (χ4n) is 3.80. The van der Waals surface area contributed by atoms with Gasteiger partial charge >= 0.3 is 6.09 Å². The molecule has 2 fully saturated rings. The van der Waals surface area contributed by atoms with Crippen molar-refractivity contribution in [2.75, 3.05) is 11.9 Å². The molecule has 1 aromatic heterocycles. The third kappa shape index (κ3) is 5.95. The van der Waals surface area contributed by atoms with E-state index in [4.69, 9.17) is 5.11 Å². The monoisotopic (exact) mass is 418 g/mol. The van der Waals surface area contributed by atoms with Gasteiger partial charge in [-0.05, 0) is 31.4 Å². The Hall–Kier alpha value is -3.10. The third-order valence-electron chi connectivity index (χ3n) is 5.17. The second kappa shape index (κ2) is 10.1. The van der Waals surface area contributed by atoms with Crippen LogP contribution in [0.1, 0.15) is 44.9 Å². The molecule has 2 aliphatic rings. The first-order valence-corrected chi connectivity index (χ1v) is 10.0. The number of nitrogens with zero attached hydrogens (tertiary/aromatic N) is 3. The van der Waals surface area contributed by atoms with E-state index in [9.17, 15) is 18.4 Å². The predicted molar refractivity (Wildman–Crippen MR) is 107 cm³/mol. The fraction of sp³-hybridized carbons (Fsp3) is 0.429. The van der Waals surface area contributed by atoms with E-state index in [2.05, 4.69) is 14.9 Å². The molecule has 2 heterocycles. The Bertz CT molecular complexity index is 866. The number of rotatable bonds is 3. The molecule has 1 aliphatic carbocycles. The topological polar surface area (TPSA) is 95.4 Å². The Morgan fingerprint density at radius 3 is 2.27 bits per heavy atom. The van der Waals surface area contributed by atoms with Crippen LogP contribution in [0.15, 0.2) is 30.6 Å². The van der Waals surface area contributed by atoms with Crippen molar-refractivity contribution >= 4 is 17.8 Å². The number of amides is 2. The summed E-state index contributed by atoms with van der Waals surface area (Å²) in [6.07, 6.45) is 9.55. The van der Waals surface area contributed by atoms with Gasteiger partial charge < -0.3 is 10.0 Å². The van der Waals surface area contributed by atoms with Crippen LogP contribution in [0.25, 0.3) is 11.3 Å². The van der Waals surface area contributed by atoms with Crippen molar-refractivity contribution in [3.8, 4) is 11.3 Å². The molecule has 160 valence electrons. The lowest BCUT2D eigenvalue weighted by atomic mass is 9.94. The highest BCUT2D eigenvalue weighted by Crippen LogP contribution is 2.26. The maximum Gasteiger partial charge on any atom is 0.410 e. The van der Waals surface area contributed by atoms with Gasteiger partial charge in [0.1, 0.15) is 11.6 Å². The summed E-state index contributed by atoms with van der Waals surface area (Å²) in [5, 5.41) is 10.4. The number of carboxylic acid groups (broad SMARTS) is 1. The van der Waals surface area contributed by atoms with Gasteiger partial charge in [-0.25, -0.2) is 18.6 Å². The van der Waals surface area contributed by atoms with Gasteiger partial charge in [0, 0.05) is 30.6 Å². The van der Waals surface area contributed by atoms with Crippen LogP contribution in [0.4, 0.5) is 19.4 Å². The van der Waals surface area contributed by atoms with E-state index in [1.54, 1.807) is 0 Å². The highest BCUT2D eigenvalue weighted by molar-refractivity contribution is 5.81.